The number of aliphatic hydroxyl groups is 1. The molecule has 0 saturated heterocycles. The van der Waals surface area contributed by atoms with E-state index in [1.54, 1.807) is 12.1 Å². The number of rotatable bonds is 12. The third-order valence-corrected chi connectivity index (χ3v) is 10.3. The lowest BCUT2D eigenvalue weighted by molar-refractivity contribution is -0.120. The van der Waals surface area contributed by atoms with Crippen molar-refractivity contribution in [1.82, 2.24) is 10.3 Å². The van der Waals surface area contributed by atoms with E-state index in [1.807, 2.05) is 30.3 Å². The summed E-state index contributed by atoms with van der Waals surface area (Å²) in [4.78, 5) is 16.5. The highest BCUT2D eigenvalue weighted by Crippen LogP contribution is 2.52. The van der Waals surface area contributed by atoms with Crippen LogP contribution in [-0.4, -0.2) is 49.2 Å². The number of sulfonamides is 1. The quantitative estimate of drug-likeness (QED) is 0.153. The van der Waals surface area contributed by atoms with Crippen LogP contribution in [-0.2, 0) is 39.5 Å². The van der Waals surface area contributed by atoms with Gasteiger partial charge in [-0.1, -0.05) is 49.2 Å². The monoisotopic (exact) mass is 630 g/mol. The fourth-order valence-corrected chi connectivity index (χ4v) is 7.51. The number of aromatic amines is 1. The number of nitrogens with one attached hydrogen (secondary N) is 3. The minimum Gasteiger partial charge on any atom is -0.490 e. The lowest BCUT2D eigenvalue weighted by Gasteiger charge is -2.28. The summed E-state index contributed by atoms with van der Waals surface area (Å²) in [5.74, 6) is 0.748. The fourth-order valence-electron chi connectivity index (χ4n) is 6.99. The van der Waals surface area contributed by atoms with Crippen molar-refractivity contribution in [2.75, 3.05) is 18.5 Å². The van der Waals surface area contributed by atoms with Crippen LogP contribution in [0.15, 0.2) is 71.8 Å². The zero-order valence-electron chi connectivity index (χ0n) is 25.9. The molecule has 6 rings (SSSR count). The number of fused-ring (bicyclic) bond motifs is 3. The molecule has 3 aromatic carbocycles. The van der Waals surface area contributed by atoms with E-state index in [2.05, 4.69) is 53.9 Å². The molecular formula is C35H42N4O5S. The predicted molar refractivity (Wildman–Crippen MR) is 176 cm³/mol. The Morgan fingerprint density at radius 2 is 1.76 bits per heavy atom. The van der Waals surface area contributed by atoms with Crippen LogP contribution in [0, 0.1) is 0 Å². The maximum Gasteiger partial charge on any atom is 0.238 e. The number of aliphatic hydroxyl groups excluding tert-OH is 1. The number of hydrogen-bond acceptors (Lipinski definition) is 6. The van der Waals surface area contributed by atoms with E-state index in [1.165, 1.54) is 11.1 Å². The fraction of sp³-hybridized carbons (Fsp3) is 0.400. The number of amides is 1. The van der Waals surface area contributed by atoms with Crippen molar-refractivity contribution in [3.05, 3.63) is 89.1 Å². The first-order valence-electron chi connectivity index (χ1n) is 15.7. The second kappa shape index (κ2) is 12.2. The Labute approximate surface area is 264 Å². The largest absolute Gasteiger partial charge is 0.490 e. The number of carbonyl (C=O) groups is 1. The van der Waals surface area contributed by atoms with Gasteiger partial charge in [0.1, 0.15) is 18.5 Å². The van der Waals surface area contributed by atoms with Crippen LogP contribution < -0.4 is 20.5 Å². The number of aromatic nitrogens is 1. The number of primary sulfonamides is 1. The number of nitrogens with two attached hydrogens (primary N) is 1. The number of para-hydroxylation sites is 1. The van der Waals surface area contributed by atoms with Gasteiger partial charge in [0.05, 0.1) is 10.3 Å². The van der Waals surface area contributed by atoms with Gasteiger partial charge in [0.15, 0.2) is 0 Å². The van der Waals surface area contributed by atoms with Gasteiger partial charge >= 0.3 is 0 Å². The molecule has 45 heavy (non-hydrogen) atoms. The number of anilines is 1. The standard InChI is InChI=1S/C35H42N4O5S/c1-34(2,38-21-26(40)22-44-30-10-6-9-29-31(30)35(33(41)39-29)17-3-4-18-35)19-25-20-37-32-24(7-5-8-28(25)32)14-11-23-12-15-27(16-13-23)45(36,42)43/h5-10,12-13,15-16,20,26,37-38,40H,3-4,11,14,17-19,21-22H2,1-2H3,(H,39,41)(H2,36,42,43)/t26-/m0/s1. The Hall–Kier alpha value is -3.70. The van der Waals surface area contributed by atoms with Gasteiger partial charge in [0.2, 0.25) is 15.9 Å². The zero-order valence-corrected chi connectivity index (χ0v) is 26.7. The highest BCUT2D eigenvalue weighted by atomic mass is 32.2. The van der Waals surface area contributed by atoms with Crippen LogP contribution >= 0.6 is 0 Å². The normalized spacial score (nSPS) is 16.7. The molecule has 1 spiro atoms. The summed E-state index contributed by atoms with van der Waals surface area (Å²) < 4.78 is 29.2. The molecule has 238 valence electrons. The summed E-state index contributed by atoms with van der Waals surface area (Å²) >= 11 is 0. The summed E-state index contributed by atoms with van der Waals surface area (Å²) in [5.41, 5.74) is 5.50. The Kier molecular flexibility index (Phi) is 8.51. The molecule has 4 aromatic rings. The number of β-amino-alcohol motifs (C(OH)–C–C–N with tert-alkyl or cyclic N) is 1. The Morgan fingerprint density at radius 1 is 1.02 bits per heavy atom. The van der Waals surface area contributed by atoms with Gasteiger partial charge < -0.3 is 25.5 Å². The molecular weight excluding hydrogens is 588 g/mol. The molecule has 1 amide bonds. The highest BCUT2D eigenvalue weighted by molar-refractivity contribution is 7.89. The molecule has 2 heterocycles. The topological polar surface area (TPSA) is 147 Å². The highest BCUT2D eigenvalue weighted by Gasteiger charge is 2.50. The van der Waals surface area contributed by atoms with Crippen LogP contribution in [0.4, 0.5) is 5.69 Å². The second-order valence-electron chi connectivity index (χ2n) is 13.2. The SMILES string of the molecule is CC(C)(Cc1c[nH]c2c(CCc3ccc(S(N)(=O)=O)cc3)cccc12)NC[C@H](O)COc1cccc2c1C1(CCCC1)C(=O)N2. The molecule has 2 aliphatic rings. The van der Waals surface area contributed by atoms with Gasteiger partial charge in [-0.3, -0.25) is 4.79 Å². The van der Waals surface area contributed by atoms with E-state index in [-0.39, 0.29) is 22.9 Å². The lowest BCUT2D eigenvalue weighted by atomic mass is 9.79. The number of benzene rings is 3. The third-order valence-electron chi connectivity index (χ3n) is 9.35. The van der Waals surface area contributed by atoms with Crippen LogP contribution in [0.25, 0.3) is 10.9 Å². The van der Waals surface area contributed by atoms with Crippen LogP contribution in [0.5, 0.6) is 5.75 Å². The number of carbonyl (C=O) groups excluding carboxylic acids is 1. The van der Waals surface area contributed by atoms with E-state index < -0.39 is 21.5 Å². The maximum atomic E-state index is 12.9. The summed E-state index contributed by atoms with van der Waals surface area (Å²) in [6.45, 7) is 4.74. The number of H-pyrrole nitrogens is 1. The van der Waals surface area contributed by atoms with E-state index in [4.69, 9.17) is 9.88 Å². The minimum atomic E-state index is -3.70. The third kappa shape index (κ3) is 6.51. The Balaban J connectivity index is 1.05. The molecule has 0 unspecified atom stereocenters. The molecule has 1 aliphatic heterocycles. The van der Waals surface area contributed by atoms with Crippen LogP contribution in [0.2, 0.25) is 0 Å². The van der Waals surface area contributed by atoms with Crippen molar-refractivity contribution < 1.29 is 23.1 Å². The second-order valence-corrected chi connectivity index (χ2v) is 14.7. The zero-order chi connectivity index (χ0) is 31.8. The first-order chi connectivity index (χ1) is 21.5. The smallest absolute Gasteiger partial charge is 0.238 e. The van der Waals surface area contributed by atoms with Gasteiger partial charge in [-0.25, -0.2) is 13.6 Å². The molecule has 10 heteroatoms. The van der Waals surface area contributed by atoms with Crippen molar-refractivity contribution in [2.24, 2.45) is 5.14 Å². The number of hydrogen-bond donors (Lipinski definition) is 5. The summed E-state index contributed by atoms with van der Waals surface area (Å²) in [6.07, 6.45) is 7.37. The van der Waals surface area contributed by atoms with E-state index in [9.17, 15) is 18.3 Å². The predicted octanol–water partition coefficient (Wildman–Crippen LogP) is 4.72. The van der Waals surface area contributed by atoms with Gasteiger partial charge in [-0.2, -0.15) is 0 Å². The first kappa shape index (κ1) is 31.3. The van der Waals surface area contributed by atoms with Crippen molar-refractivity contribution in [2.45, 2.75) is 80.7 Å². The van der Waals surface area contributed by atoms with Gasteiger partial charge in [-0.05, 0) is 86.9 Å². The lowest BCUT2D eigenvalue weighted by Crippen LogP contribution is -2.46. The molecule has 9 nitrogen and oxygen atoms in total. The average Bonchev–Trinajstić information content (AvgIpc) is 3.73. The van der Waals surface area contributed by atoms with Crippen LogP contribution in [0.1, 0.15) is 61.8 Å². The Bertz CT molecular complexity index is 1810. The van der Waals surface area contributed by atoms with Crippen molar-refractivity contribution in [3.63, 3.8) is 0 Å². The maximum absolute atomic E-state index is 12.9. The molecule has 1 atom stereocenters. The molecule has 1 fully saturated rings. The average molecular weight is 631 g/mol. The number of aryl methyl sites for hydroxylation is 2. The summed E-state index contributed by atoms with van der Waals surface area (Å²) in [7, 11) is -3.70. The molecule has 1 saturated carbocycles. The van der Waals surface area contributed by atoms with E-state index in [0.717, 1.165) is 72.7 Å². The summed E-state index contributed by atoms with van der Waals surface area (Å²) in [6, 6.07) is 18.7. The van der Waals surface area contributed by atoms with E-state index in [0.29, 0.717) is 12.3 Å². The van der Waals surface area contributed by atoms with Crippen LogP contribution in [0.3, 0.4) is 0 Å². The van der Waals surface area contributed by atoms with E-state index >= 15 is 0 Å². The van der Waals surface area contributed by atoms with Gasteiger partial charge in [-0.15, -0.1) is 0 Å². The number of ether oxygens (including phenoxy) is 1. The summed E-state index contributed by atoms with van der Waals surface area (Å²) in [5, 5.41) is 23.8. The molecule has 6 N–H and O–H groups in total. The van der Waals surface area contributed by atoms with Gasteiger partial charge in [0, 0.05) is 40.4 Å². The van der Waals surface area contributed by atoms with Crippen molar-refractivity contribution >= 4 is 32.5 Å². The molecule has 1 aliphatic carbocycles. The molecule has 0 radical (unpaired) electrons. The van der Waals surface area contributed by atoms with Crippen molar-refractivity contribution in [1.29, 1.82) is 0 Å². The Morgan fingerprint density at radius 3 is 2.49 bits per heavy atom. The molecule has 0 bridgehead atoms. The first-order valence-corrected chi connectivity index (χ1v) is 17.2. The van der Waals surface area contributed by atoms with Crippen molar-refractivity contribution in [3.8, 4) is 5.75 Å². The minimum absolute atomic E-state index is 0.0663. The molecule has 1 aromatic heterocycles. The van der Waals surface area contributed by atoms with Gasteiger partial charge in [0.25, 0.3) is 0 Å².